The normalized spacial score (nSPS) is 14.4. The van der Waals surface area contributed by atoms with Crippen LogP contribution in [0.25, 0.3) is 6.08 Å². The lowest BCUT2D eigenvalue weighted by molar-refractivity contribution is -0.129. The van der Waals surface area contributed by atoms with Crippen molar-refractivity contribution >= 4 is 35.5 Å². The minimum Gasteiger partial charge on any atom is -0.423 e. The minimum absolute atomic E-state index is 0.0929. The van der Waals surface area contributed by atoms with Crippen LogP contribution >= 0.6 is 11.6 Å². The van der Waals surface area contributed by atoms with Crippen molar-refractivity contribution < 1.29 is 23.5 Å². The van der Waals surface area contributed by atoms with E-state index in [9.17, 15) is 14.0 Å². The fraction of sp³-hybridized carbons (Fsp3) is 0. The Balaban J connectivity index is 1.55. The number of esters is 2. The zero-order chi connectivity index (χ0) is 21.1. The van der Waals surface area contributed by atoms with E-state index in [0.717, 1.165) is 6.07 Å². The highest BCUT2D eigenvalue weighted by Gasteiger charge is 2.24. The number of cyclic esters (lactones) is 1. The standard InChI is InChI=1S/C23H13ClFNO4/c24-17-9-7-15(8-10-17)21-26-20(23(28)30-21)12-14-3-1-6-19(11-14)29-22(27)16-4-2-5-18(25)13-16/h1-13H/b20-12-. The van der Waals surface area contributed by atoms with Gasteiger partial charge in [0.1, 0.15) is 11.6 Å². The number of aliphatic imine (C=N–C) groups is 1. The number of carbonyl (C=O) groups is 2. The predicted molar refractivity (Wildman–Crippen MR) is 110 cm³/mol. The first-order valence-corrected chi connectivity index (χ1v) is 9.22. The molecule has 1 aliphatic rings. The first-order valence-electron chi connectivity index (χ1n) is 8.84. The lowest BCUT2D eigenvalue weighted by Gasteiger charge is -2.05. The van der Waals surface area contributed by atoms with Crippen molar-refractivity contribution in [2.45, 2.75) is 0 Å². The Kier molecular flexibility index (Phi) is 5.41. The van der Waals surface area contributed by atoms with Gasteiger partial charge in [-0.05, 0) is 66.2 Å². The highest BCUT2D eigenvalue weighted by Crippen LogP contribution is 2.22. The maximum Gasteiger partial charge on any atom is 0.363 e. The zero-order valence-electron chi connectivity index (χ0n) is 15.3. The molecule has 0 radical (unpaired) electrons. The number of hydrogen-bond donors (Lipinski definition) is 0. The summed E-state index contributed by atoms with van der Waals surface area (Å²) in [6, 6.07) is 18.5. The Morgan fingerprint density at radius 2 is 1.80 bits per heavy atom. The van der Waals surface area contributed by atoms with E-state index in [1.165, 1.54) is 24.3 Å². The Hall–Kier alpha value is -3.77. The van der Waals surface area contributed by atoms with Gasteiger partial charge in [0.05, 0.1) is 5.56 Å². The molecule has 0 unspecified atom stereocenters. The van der Waals surface area contributed by atoms with Crippen LogP contribution in [0.15, 0.2) is 83.5 Å². The van der Waals surface area contributed by atoms with Crippen LogP contribution in [0.2, 0.25) is 5.02 Å². The molecule has 0 fully saturated rings. The maximum atomic E-state index is 13.3. The Bertz CT molecular complexity index is 1200. The van der Waals surface area contributed by atoms with Gasteiger partial charge in [-0.1, -0.05) is 29.8 Å². The highest BCUT2D eigenvalue weighted by atomic mass is 35.5. The molecule has 3 aromatic carbocycles. The fourth-order valence-electron chi connectivity index (χ4n) is 2.73. The fourth-order valence-corrected chi connectivity index (χ4v) is 2.86. The van der Waals surface area contributed by atoms with E-state index in [4.69, 9.17) is 21.1 Å². The van der Waals surface area contributed by atoms with Crippen molar-refractivity contribution in [1.29, 1.82) is 0 Å². The third kappa shape index (κ3) is 4.45. The van der Waals surface area contributed by atoms with E-state index in [1.54, 1.807) is 48.5 Å². The van der Waals surface area contributed by atoms with E-state index in [0.29, 0.717) is 16.1 Å². The van der Waals surface area contributed by atoms with Gasteiger partial charge in [-0.15, -0.1) is 0 Å². The number of benzene rings is 3. The molecule has 1 heterocycles. The van der Waals surface area contributed by atoms with Crippen molar-refractivity contribution in [3.63, 3.8) is 0 Å². The second-order valence-electron chi connectivity index (χ2n) is 6.32. The van der Waals surface area contributed by atoms with Crippen LogP contribution < -0.4 is 4.74 Å². The summed E-state index contributed by atoms with van der Waals surface area (Å²) < 4.78 is 23.8. The number of nitrogens with zero attached hydrogens (tertiary/aromatic N) is 1. The Labute approximate surface area is 176 Å². The highest BCUT2D eigenvalue weighted by molar-refractivity contribution is 6.30. The lowest BCUT2D eigenvalue weighted by atomic mass is 10.2. The molecule has 0 saturated carbocycles. The average molecular weight is 422 g/mol. The molecule has 4 rings (SSSR count). The molecule has 3 aromatic rings. The third-order valence-corrected chi connectivity index (χ3v) is 4.40. The number of carbonyl (C=O) groups excluding carboxylic acids is 2. The molecule has 0 bridgehead atoms. The van der Waals surface area contributed by atoms with Gasteiger partial charge < -0.3 is 9.47 Å². The molecule has 0 atom stereocenters. The monoisotopic (exact) mass is 421 g/mol. The van der Waals surface area contributed by atoms with Gasteiger partial charge in [0, 0.05) is 10.6 Å². The van der Waals surface area contributed by atoms with Crippen LogP contribution in [0.5, 0.6) is 5.75 Å². The van der Waals surface area contributed by atoms with E-state index in [-0.39, 0.29) is 22.9 Å². The molecule has 5 nitrogen and oxygen atoms in total. The first kappa shape index (κ1) is 19.5. The molecule has 30 heavy (non-hydrogen) atoms. The number of halogens is 2. The molecule has 0 N–H and O–H groups in total. The van der Waals surface area contributed by atoms with Gasteiger partial charge in [0.15, 0.2) is 5.70 Å². The molecule has 0 aromatic heterocycles. The van der Waals surface area contributed by atoms with Crippen molar-refractivity contribution in [2.24, 2.45) is 4.99 Å². The van der Waals surface area contributed by atoms with Gasteiger partial charge in [0.25, 0.3) is 0 Å². The van der Waals surface area contributed by atoms with E-state index < -0.39 is 17.8 Å². The van der Waals surface area contributed by atoms with Crippen LogP contribution in [0.1, 0.15) is 21.5 Å². The predicted octanol–water partition coefficient (Wildman–Crippen LogP) is 5.04. The summed E-state index contributed by atoms with van der Waals surface area (Å²) in [5.41, 5.74) is 1.39. The summed E-state index contributed by atoms with van der Waals surface area (Å²) in [6.45, 7) is 0. The summed E-state index contributed by atoms with van der Waals surface area (Å²) >= 11 is 5.87. The van der Waals surface area contributed by atoms with E-state index in [2.05, 4.69) is 4.99 Å². The van der Waals surface area contributed by atoms with Gasteiger partial charge in [-0.2, -0.15) is 0 Å². The molecule has 1 aliphatic heterocycles. The zero-order valence-corrected chi connectivity index (χ0v) is 16.1. The van der Waals surface area contributed by atoms with Gasteiger partial charge in [-0.3, -0.25) is 0 Å². The summed E-state index contributed by atoms with van der Waals surface area (Å²) in [5.74, 6) is -1.40. The summed E-state index contributed by atoms with van der Waals surface area (Å²) in [7, 11) is 0. The summed E-state index contributed by atoms with van der Waals surface area (Å²) in [6.07, 6.45) is 1.52. The van der Waals surface area contributed by atoms with Crippen molar-refractivity contribution in [3.05, 3.63) is 106 Å². The second-order valence-corrected chi connectivity index (χ2v) is 6.75. The molecule has 0 amide bonds. The molecule has 7 heteroatoms. The number of hydrogen-bond acceptors (Lipinski definition) is 5. The molecule has 0 spiro atoms. The second kappa shape index (κ2) is 8.31. The molecular weight excluding hydrogens is 409 g/mol. The Morgan fingerprint density at radius 3 is 2.57 bits per heavy atom. The van der Waals surface area contributed by atoms with Gasteiger partial charge in [-0.25, -0.2) is 19.0 Å². The average Bonchev–Trinajstić information content (AvgIpc) is 3.09. The Morgan fingerprint density at radius 1 is 1.03 bits per heavy atom. The lowest BCUT2D eigenvalue weighted by Crippen LogP contribution is -2.08. The SMILES string of the molecule is O=C1OC(c2ccc(Cl)cc2)=N/C1=C\c1cccc(OC(=O)c2cccc(F)c2)c1. The molecule has 148 valence electrons. The van der Waals surface area contributed by atoms with Crippen LogP contribution in [-0.4, -0.2) is 17.8 Å². The van der Waals surface area contributed by atoms with Crippen molar-refractivity contribution in [1.82, 2.24) is 0 Å². The number of rotatable bonds is 4. The van der Waals surface area contributed by atoms with Crippen LogP contribution in [-0.2, 0) is 9.53 Å². The van der Waals surface area contributed by atoms with Gasteiger partial charge in [0.2, 0.25) is 5.90 Å². The van der Waals surface area contributed by atoms with Crippen LogP contribution in [0.3, 0.4) is 0 Å². The van der Waals surface area contributed by atoms with E-state index in [1.807, 2.05) is 0 Å². The van der Waals surface area contributed by atoms with Crippen LogP contribution in [0.4, 0.5) is 4.39 Å². The summed E-state index contributed by atoms with van der Waals surface area (Å²) in [4.78, 5) is 28.6. The smallest absolute Gasteiger partial charge is 0.363 e. The molecular formula is C23H13ClFNO4. The minimum atomic E-state index is -0.692. The quantitative estimate of drug-likeness (QED) is 0.336. The molecule has 0 saturated heterocycles. The molecule has 0 aliphatic carbocycles. The van der Waals surface area contributed by atoms with Gasteiger partial charge >= 0.3 is 11.9 Å². The topological polar surface area (TPSA) is 65.0 Å². The van der Waals surface area contributed by atoms with Crippen molar-refractivity contribution in [2.75, 3.05) is 0 Å². The largest absolute Gasteiger partial charge is 0.423 e. The first-order chi connectivity index (χ1) is 14.5. The van der Waals surface area contributed by atoms with Crippen LogP contribution in [0, 0.1) is 5.82 Å². The maximum absolute atomic E-state index is 13.3. The number of ether oxygens (including phenoxy) is 2. The van der Waals surface area contributed by atoms with E-state index >= 15 is 0 Å². The third-order valence-electron chi connectivity index (χ3n) is 4.14. The summed E-state index contributed by atoms with van der Waals surface area (Å²) in [5, 5.41) is 0.559. The van der Waals surface area contributed by atoms with Crippen molar-refractivity contribution in [3.8, 4) is 5.75 Å².